The summed E-state index contributed by atoms with van der Waals surface area (Å²) < 4.78 is 37.3. The highest BCUT2D eigenvalue weighted by Crippen LogP contribution is 2.32. The molecule has 1 aromatic rings. The number of rotatable bonds is 8. The highest BCUT2D eigenvalue weighted by atomic mass is 32.2. The predicted molar refractivity (Wildman–Crippen MR) is 111 cm³/mol. The zero-order valence-corrected chi connectivity index (χ0v) is 18.4. The Bertz CT molecular complexity index is 1060. The zero-order chi connectivity index (χ0) is 23.5. The average molecular weight is 468 g/mol. The lowest BCUT2D eigenvalue weighted by molar-refractivity contribution is -0.386. The molecule has 0 unspecified atom stereocenters. The Morgan fingerprint density at radius 3 is 2.62 bits per heavy atom. The molecule has 2 aliphatic rings. The second-order valence-corrected chi connectivity index (χ2v) is 9.16. The largest absolute Gasteiger partial charge is 0.480 e. The van der Waals surface area contributed by atoms with Crippen molar-refractivity contribution < 1.29 is 32.4 Å². The van der Waals surface area contributed by atoms with Gasteiger partial charge in [0.1, 0.15) is 6.61 Å². The van der Waals surface area contributed by atoms with Crippen molar-refractivity contribution >= 4 is 27.7 Å². The summed E-state index contributed by atoms with van der Waals surface area (Å²) in [6.07, 6.45) is 1.47. The summed E-state index contributed by atoms with van der Waals surface area (Å²) in [5, 5.41) is 16.6. The van der Waals surface area contributed by atoms with E-state index in [0.717, 1.165) is 18.9 Å². The van der Waals surface area contributed by atoms with Gasteiger partial charge in [-0.05, 0) is 38.8 Å². The Balaban J connectivity index is 1.89. The number of esters is 1. The number of benzene rings is 1. The summed E-state index contributed by atoms with van der Waals surface area (Å²) in [4.78, 5) is 34.8. The minimum atomic E-state index is -3.85. The Labute approximate surface area is 184 Å². The smallest absolute Gasteiger partial charge is 0.338 e. The van der Waals surface area contributed by atoms with E-state index in [-0.39, 0.29) is 35.1 Å². The summed E-state index contributed by atoms with van der Waals surface area (Å²) in [6.45, 7) is 3.71. The van der Waals surface area contributed by atoms with Gasteiger partial charge in [0.25, 0.3) is 0 Å². The van der Waals surface area contributed by atoms with Crippen LogP contribution in [0.5, 0.6) is 5.75 Å². The van der Waals surface area contributed by atoms with Gasteiger partial charge in [-0.25, -0.2) is 18.0 Å². The van der Waals surface area contributed by atoms with Crippen LogP contribution in [-0.2, 0) is 19.6 Å². The molecule has 0 saturated carbocycles. The van der Waals surface area contributed by atoms with Crippen molar-refractivity contribution in [3.63, 3.8) is 0 Å². The molecular formula is C19H24N4O8S. The second-order valence-electron chi connectivity index (χ2n) is 7.22. The van der Waals surface area contributed by atoms with Gasteiger partial charge < -0.3 is 20.1 Å². The minimum Gasteiger partial charge on any atom is -0.480 e. The zero-order valence-electron chi connectivity index (χ0n) is 17.6. The van der Waals surface area contributed by atoms with Crippen molar-refractivity contribution in [2.75, 3.05) is 26.3 Å². The summed E-state index contributed by atoms with van der Waals surface area (Å²) in [5.74, 6) is -0.862. The Morgan fingerprint density at radius 2 is 2.00 bits per heavy atom. The van der Waals surface area contributed by atoms with E-state index in [1.165, 1.54) is 16.4 Å². The van der Waals surface area contributed by atoms with Crippen LogP contribution in [0.15, 0.2) is 34.4 Å². The Hall–Kier alpha value is -3.19. The molecule has 0 aliphatic carbocycles. The first kappa shape index (κ1) is 23.5. The molecule has 2 heterocycles. The van der Waals surface area contributed by atoms with Crippen molar-refractivity contribution in [3.05, 3.63) is 39.6 Å². The first-order valence-corrected chi connectivity index (χ1v) is 11.5. The minimum absolute atomic E-state index is 0.0998. The molecule has 32 heavy (non-hydrogen) atoms. The first-order chi connectivity index (χ1) is 15.1. The van der Waals surface area contributed by atoms with Crippen LogP contribution in [-0.4, -0.2) is 62.0 Å². The third-order valence-corrected chi connectivity index (χ3v) is 6.96. The molecule has 12 nitrogen and oxygen atoms in total. The number of nitrogens with one attached hydrogen (secondary N) is 2. The topological polar surface area (TPSA) is 157 Å². The normalized spacial score (nSPS) is 19.3. The van der Waals surface area contributed by atoms with Crippen molar-refractivity contribution in [1.29, 1.82) is 0 Å². The van der Waals surface area contributed by atoms with E-state index in [1.54, 1.807) is 13.8 Å². The van der Waals surface area contributed by atoms with E-state index in [9.17, 15) is 28.1 Å². The third-order valence-electron chi connectivity index (χ3n) is 5.07. The molecule has 1 saturated heterocycles. The van der Waals surface area contributed by atoms with Crippen LogP contribution < -0.4 is 15.4 Å². The highest BCUT2D eigenvalue weighted by Gasteiger charge is 2.32. The number of carbonyl (C=O) groups is 2. The van der Waals surface area contributed by atoms with Gasteiger partial charge >= 0.3 is 17.7 Å². The molecule has 0 bridgehead atoms. The van der Waals surface area contributed by atoms with E-state index < -0.39 is 38.7 Å². The van der Waals surface area contributed by atoms with Crippen LogP contribution in [0.4, 0.5) is 10.5 Å². The average Bonchev–Trinajstić information content (AvgIpc) is 3.27. The van der Waals surface area contributed by atoms with Gasteiger partial charge in [0, 0.05) is 19.2 Å². The molecule has 2 aliphatic heterocycles. The van der Waals surface area contributed by atoms with Crippen LogP contribution in [0, 0.1) is 10.1 Å². The lowest BCUT2D eigenvalue weighted by atomic mass is 10.0. The number of amides is 2. The lowest BCUT2D eigenvalue weighted by Gasteiger charge is -2.26. The van der Waals surface area contributed by atoms with Gasteiger partial charge in [-0.3, -0.25) is 10.1 Å². The van der Waals surface area contributed by atoms with E-state index in [1.807, 2.05) is 0 Å². The van der Waals surface area contributed by atoms with E-state index in [2.05, 4.69) is 10.6 Å². The molecule has 1 aromatic carbocycles. The van der Waals surface area contributed by atoms with Crippen molar-refractivity contribution in [2.45, 2.75) is 37.6 Å². The first-order valence-electron chi connectivity index (χ1n) is 10.0. The fourth-order valence-corrected chi connectivity index (χ4v) is 5.08. The molecular weight excluding hydrogens is 444 g/mol. The molecule has 2 amide bonds. The van der Waals surface area contributed by atoms with Crippen molar-refractivity contribution in [3.8, 4) is 5.75 Å². The summed E-state index contributed by atoms with van der Waals surface area (Å²) in [5.41, 5.74) is -0.318. The highest BCUT2D eigenvalue weighted by molar-refractivity contribution is 7.89. The molecule has 1 atom stereocenters. The fraction of sp³-hybridized carbons (Fsp3) is 0.474. The van der Waals surface area contributed by atoms with Gasteiger partial charge in [-0.1, -0.05) is 0 Å². The van der Waals surface area contributed by atoms with Crippen LogP contribution in [0.25, 0.3) is 0 Å². The monoisotopic (exact) mass is 468 g/mol. The number of nitrogens with zero attached hydrogens (tertiary/aromatic N) is 2. The maximum absolute atomic E-state index is 12.7. The van der Waals surface area contributed by atoms with Gasteiger partial charge in [-0.2, -0.15) is 4.31 Å². The van der Waals surface area contributed by atoms with E-state index in [0.29, 0.717) is 13.1 Å². The van der Waals surface area contributed by atoms with Gasteiger partial charge in [0.05, 0.1) is 33.7 Å². The Kier molecular flexibility index (Phi) is 6.99. The number of nitro benzene ring substituents is 1. The van der Waals surface area contributed by atoms with Crippen LogP contribution in [0.2, 0.25) is 0 Å². The van der Waals surface area contributed by atoms with Gasteiger partial charge in [0.2, 0.25) is 10.0 Å². The standard InChI is InChI=1S/C19H24N4O8S/c1-3-30-18(24)17-12(2)20-19(25)21-14(17)11-31-16-7-6-13(10-15(16)23(26)27)32(28,29)22-8-4-5-9-22/h6-7,10,12H,3-5,8-9,11H2,1-2H3,(H2,20,21,25)/t12-/m0/s1. The molecule has 0 aromatic heterocycles. The maximum atomic E-state index is 12.7. The summed E-state index contributed by atoms with van der Waals surface area (Å²) >= 11 is 0. The Morgan fingerprint density at radius 1 is 1.31 bits per heavy atom. The number of nitro groups is 1. The number of carbonyl (C=O) groups excluding carboxylic acids is 2. The molecule has 1 fully saturated rings. The van der Waals surface area contributed by atoms with Crippen LogP contribution in [0.1, 0.15) is 26.7 Å². The molecule has 2 N–H and O–H groups in total. The summed E-state index contributed by atoms with van der Waals surface area (Å²) in [7, 11) is -3.85. The fourth-order valence-electron chi connectivity index (χ4n) is 3.54. The molecule has 13 heteroatoms. The number of sulfonamides is 1. The SMILES string of the molecule is CCOC(=O)C1=C(COc2ccc(S(=O)(=O)N3CCCC3)cc2[N+](=O)[O-])NC(=O)N[C@H]1C. The van der Waals surface area contributed by atoms with Crippen molar-refractivity contribution in [2.24, 2.45) is 0 Å². The van der Waals surface area contributed by atoms with Gasteiger partial charge in [0.15, 0.2) is 5.75 Å². The van der Waals surface area contributed by atoms with Crippen LogP contribution >= 0.6 is 0 Å². The number of hydrogen-bond acceptors (Lipinski definition) is 8. The second kappa shape index (κ2) is 9.53. The lowest BCUT2D eigenvalue weighted by Crippen LogP contribution is -2.50. The number of ether oxygens (including phenoxy) is 2. The van der Waals surface area contributed by atoms with E-state index in [4.69, 9.17) is 9.47 Å². The van der Waals surface area contributed by atoms with E-state index >= 15 is 0 Å². The van der Waals surface area contributed by atoms with Gasteiger partial charge in [-0.15, -0.1) is 0 Å². The quantitative estimate of drug-likeness (QED) is 0.328. The molecule has 174 valence electrons. The number of urea groups is 1. The summed E-state index contributed by atoms with van der Waals surface area (Å²) in [6, 6.07) is 2.15. The number of hydrogen-bond donors (Lipinski definition) is 2. The molecule has 0 spiro atoms. The third kappa shape index (κ3) is 4.83. The van der Waals surface area contributed by atoms with Crippen molar-refractivity contribution in [1.82, 2.24) is 14.9 Å². The van der Waals surface area contributed by atoms with Crippen LogP contribution in [0.3, 0.4) is 0 Å². The maximum Gasteiger partial charge on any atom is 0.338 e. The predicted octanol–water partition coefficient (Wildman–Crippen LogP) is 1.28. The molecule has 3 rings (SSSR count). The molecule has 0 radical (unpaired) electrons.